The monoisotopic (exact) mass is 469 g/mol. The first kappa shape index (κ1) is 21.5. The highest BCUT2D eigenvalue weighted by molar-refractivity contribution is 5.93. The predicted molar refractivity (Wildman–Crippen MR) is 132 cm³/mol. The fourth-order valence-corrected chi connectivity index (χ4v) is 4.74. The Hall–Kier alpha value is -4.04. The van der Waals surface area contributed by atoms with Crippen LogP contribution in [0.5, 0.6) is 0 Å². The van der Waals surface area contributed by atoms with Gasteiger partial charge in [0.2, 0.25) is 0 Å². The summed E-state index contributed by atoms with van der Waals surface area (Å²) in [6.45, 7) is 2.10. The van der Waals surface area contributed by atoms with Crippen molar-refractivity contribution in [2.45, 2.75) is 19.1 Å². The van der Waals surface area contributed by atoms with Crippen LogP contribution in [0.2, 0.25) is 0 Å². The van der Waals surface area contributed by atoms with Gasteiger partial charge in [-0.15, -0.1) is 0 Å². The van der Waals surface area contributed by atoms with Crippen LogP contribution in [0, 0.1) is 5.82 Å². The fourth-order valence-electron chi connectivity index (χ4n) is 4.74. The van der Waals surface area contributed by atoms with Crippen molar-refractivity contribution in [1.82, 2.24) is 19.2 Å². The highest BCUT2D eigenvalue weighted by Crippen LogP contribution is 2.30. The molecule has 7 nitrogen and oxygen atoms in total. The largest absolute Gasteiger partial charge is 0.370 e. The van der Waals surface area contributed by atoms with Crippen molar-refractivity contribution in [2.24, 2.45) is 0 Å². The van der Waals surface area contributed by atoms with Crippen molar-refractivity contribution in [2.75, 3.05) is 24.6 Å². The smallest absolute Gasteiger partial charge is 0.276 e. The van der Waals surface area contributed by atoms with E-state index in [0.29, 0.717) is 38.0 Å². The van der Waals surface area contributed by atoms with Crippen LogP contribution in [-0.4, -0.2) is 38.9 Å². The van der Waals surface area contributed by atoms with Crippen molar-refractivity contribution < 1.29 is 9.13 Å². The third kappa shape index (κ3) is 4.17. The lowest BCUT2D eigenvalue weighted by atomic mass is 10.1. The second-order valence-corrected chi connectivity index (χ2v) is 8.72. The SMILES string of the molecule is O=c1c2c(N3CCOC(c4cccc(F)c4)C3)cccc2cnn1CCc1cn2ccccc2n1. The van der Waals surface area contributed by atoms with Crippen molar-refractivity contribution in [1.29, 1.82) is 0 Å². The van der Waals surface area contributed by atoms with Gasteiger partial charge >= 0.3 is 0 Å². The zero-order valence-corrected chi connectivity index (χ0v) is 19.0. The van der Waals surface area contributed by atoms with Gasteiger partial charge in [0.15, 0.2) is 0 Å². The first-order chi connectivity index (χ1) is 17.2. The summed E-state index contributed by atoms with van der Waals surface area (Å²) in [5.74, 6) is -0.284. The Morgan fingerprint density at radius 3 is 2.89 bits per heavy atom. The van der Waals surface area contributed by atoms with E-state index in [0.717, 1.165) is 28.0 Å². The molecule has 1 fully saturated rings. The van der Waals surface area contributed by atoms with E-state index < -0.39 is 0 Å². The molecule has 1 aliphatic heterocycles. The second kappa shape index (κ2) is 8.96. The first-order valence-electron chi connectivity index (χ1n) is 11.7. The average molecular weight is 470 g/mol. The maximum atomic E-state index is 13.8. The van der Waals surface area contributed by atoms with Crippen LogP contribution < -0.4 is 10.5 Å². The Morgan fingerprint density at radius 1 is 1.09 bits per heavy atom. The molecular weight excluding hydrogens is 445 g/mol. The van der Waals surface area contributed by atoms with E-state index in [1.165, 1.54) is 16.8 Å². The molecule has 0 N–H and O–H groups in total. The maximum absolute atomic E-state index is 13.8. The molecule has 1 unspecified atom stereocenters. The van der Waals surface area contributed by atoms with Gasteiger partial charge in [-0.05, 0) is 35.9 Å². The molecule has 6 rings (SSSR count). The number of fused-ring (bicyclic) bond motifs is 2. The van der Waals surface area contributed by atoms with Gasteiger partial charge in [-0.25, -0.2) is 14.1 Å². The summed E-state index contributed by atoms with van der Waals surface area (Å²) >= 11 is 0. The van der Waals surface area contributed by atoms with Gasteiger partial charge in [0.1, 0.15) is 17.6 Å². The number of aryl methyl sites for hydroxylation is 2. The molecule has 0 radical (unpaired) electrons. The molecule has 1 atom stereocenters. The third-order valence-electron chi connectivity index (χ3n) is 6.48. The summed E-state index contributed by atoms with van der Waals surface area (Å²) in [5, 5.41) is 5.85. The minimum atomic E-state index is -0.284. The lowest BCUT2D eigenvalue weighted by Gasteiger charge is -2.35. The minimum absolute atomic E-state index is 0.129. The zero-order valence-electron chi connectivity index (χ0n) is 19.0. The van der Waals surface area contributed by atoms with Crippen LogP contribution in [0.3, 0.4) is 0 Å². The molecule has 176 valence electrons. The normalized spacial score (nSPS) is 16.3. The molecule has 0 bridgehead atoms. The lowest BCUT2D eigenvalue weighted by Crippen LogP contribution is -2.39. The van der Waals surface area contributed by atoms with Gasteiger partial charge in [-0.2, -0.15) is 5.10 Å². The summed E-state index contributed by atoms with van der Waals surface area (Å²) < 4.78 is 23.2. The Kier molecular flexibility index (Phi) is 5.50. The predicted octanol–water partition coefficient (Wildman–Crippen LogP) is 4.00. The number of morpholine rings is 1. The molecular formula is C27H24FN5O2. The maximum Gasteiger partial charge on any atom is 0.276 e. The zero-order chi connectivity index (χ0) is 23.8. The standard InChI is InChI=1S/C27H24FN5O2/c28-21-7-3-5-19(15-21)24-18-31(13-14-35-24)23-8-4-6-20-16-29-33(27(34)26(20)23)12-10-22-17-32-11-2-1-9-25(32)30-22/h1-9,11,15-17,24H,10,12-14,18H2. The number of nitrogens with zero attached hydrogens (tertiary/aromatic N) is 5. The fraction of sp³-hybridized carbons (Fsp3) is 0.222. The molecule has 3 aromatic heterocycles. The summed E-state index contributed by atoms with van der Waals surface area (Å²) in [6, 6.07) is 18.2. The molecule has 0 spiro atoms. The highest BCUT2D eigenvalue weighted by atomic mass is 19.1. The molecule has 1 saturated heterocycles. The van der Waals surface area contributed by atoms with Gasteiger partial charge in [0, 0.05) is 37.3 Å². The molecule has 35 heavy (non-hydrogen) atoms. The van der Waals surface area contributed by atoms with E-state index in [1.807, 2.05) is 59.3 Å². The molecule has 0 aliphatic carbocycles. The van der Waals surface area contributed by atoms with E-state index in [9.17, 15) is 9.18 Å². The van der Waals surface area contributed by atoms with Gasteiger partial charge in [0.05, 0.1) is 36.1 Å². The number of rotatable bonds is 5. The average Bonchev–Trinajstić information content (AvgIpc) is 3.31. The number of pyridine rings is 1. The number of halogens is 1. The van der Waals surface area contributed by atoms with Gasteiger partial charge in [0.25, 0.3) is 5.56 Å². The highest BCUT2D eigenvalue weighted by Gasteiger charge is 2.24. The van der Waals surface area contributed by atoms with Gasteiger partial charge in [-0.3, -0.25) is 4.79 Å². The molecule has 8 heteroatoms. The van der Waals surface area contributed by atoms with Crippen molar-refractivity contribution >= 4 is 22.1 Å². The topological polar surface area (TPSA) is 64.7 Å². The van der Waals surface area contributed by atoms with Crippen LogP contribution in [-0.2, 0) is 17.7 Å². The van der Waals surface area contributed by atoms with E-state index in [-0.39, 0.29) is 17.5 Å². The van der Waals surface area contributed by atoms with Crippen molar-refractivity contribution in [3.63, 3.8) is 0 Å². The van der Waals surface area contributed by atoms with Gasteiger partial charge < -0.3 is 14.0 Å². The van der Waals surface area contributed by atoms with Crippen LogP contribution in [0.4, 0.5) is 10.1 Å². The number of anilines is 1. The van der Waals surface area contributed by atoms with E-state index in [1.54, 1.807) is 12.3 Å². The molecule has 5 aromatic rings. The second-order valence-electron chi connectivity index (χ2n) is 8.72. The van der Waals surface area contributed by atoms with Crippen LogP contribution in [0.1, 0.15) is 17.4 Å². The van der Waals surface area contributed by atoms with E-state index in [4.69, 9.17) is 4.74 Å². The molecule has 0 amide bonds. The third-order valence-corrected chi connectivity index (χ3v) is 6.48. The number of imidazole rings is 1. The molecule has 2 aromatic carbocycles. The number of hydrogen-bond acceptors (Lipinski definition) is 5. The quantitative estimate of drug-likeness (QED) is 0.389. The Balaban J connectivity index is 1.30. The van der Waals surface area contributed by atoms with Gasteiger partial charge in [-0.1, -0.05) is 30.3 Å². The summed E-state index contributed by atoms with van der Waals surface area (Å²) in [7, 11) is 0. The van der Waals surface area contributed by atoms with E-state index >= 15 is 0 Å². The molecule has 0 saturated carbocycles. The Morgan fingerprint density at radius 2 is 2.00 bits per heavy atom. The molecule has 4 heterocycles. The number of hydrogen-bond donors (Lipinski definition) is 0. The number of ether oxygens (including phenoxy) is 1. The Labute approximate surface area is 201 Å². The lowest BCUT2D eigenvalue weighted by molar-refractivity contribution is 0.0397. The van der Waals surface area contributed by atoms with Crippen molar-refractivity contribution in [3.8, 4) is 0 Å². The Bertz CT molecular complexity index is 1540. The summed E-state index contributed by atoms with van der Waals surface area (Å²) in [6.07, 6.45) is 6.01. The van der Waals surface area contributed by atoms with Crippen molar-refractivity contribution in [3.05, 3.63) is 107 Å². The van der Waals surface area contributed by atoms with E-state index in [2.05, 4.69) is 15.0 Å². The van der Waals surface area contributed by atoms with Crippen LogP contribution in [0.15, 0.2) is 84.0 Å². The number of aromatic nitrogens is 4. The molecule has 1 aliphatic rings. The van der Waals surface area contributed by atoms with Crippen LogP contribution >= 0.6 is 0 Å². The van der Waals surface area contributed by atoms with Crippen LogP contribution in [0.25, 0.3) is 16.4 Å². The summed E-state index contributed by atoms with van der Waals surface area (Å²) in [4.78, 5) is 20.3. The number of benzene rings is 2. The minimum Gasteiger partial charge on any atom is -0.370 e. The first-order valence-corrected chi connectivity index (χ1v) is 11.7. The summed E-state index contributed by atoms with van der Waals surface area (Å²) in [5.41, 5.74) is 3.30.